The molecule has 0 bridgehead atoms. The van der Waals surface area contributed by atoms with Crippen LogP contribution in [0.15, 0.2) is 36.4 Å². The average molecular weight is 335 g/mol. The molecule has 0 heterocycles. The summed E-state index contributed by atoms with van der Waals surface area (Å²) in [6, 6.07) is 13.3. The molecule has 1 heteroatoms. The Hall–Kier alpha value is -1.89. The molecule has 0 fully saturated rings. The van der Waals surface area contributed by atoms with E-state index in [2.05, 4.69) is 51.1 Å². The maximum absolute atomic E-state index is 12.0. The van der Waals surface area contributed by atoms with Gasteiger partial charge in [-0.05, 0) is 55.0 Å². The first kappa shape index (κ1) is 17.9. The van der Waals surface area contributed by atoms with Crippen molar-refractivity contribution in [2.75, 3.05) is 0 Å². The predicted octanol–water partition coefficient (Wildman–Crippen LogP) is 6.84. The number of unbranched alkanes of at least 4 members (excludes halogenated alkanes) is 2. The van der Waals surface area contributed by atoms with Gasteiger partial charge in [0, 0.05) is 11.0 Å². The van der Waals surface area contributed by atoms with Crippen LogP contribution in [0, 0.1) is 6.92 Å². The fraction of sp³-hybridized carbons (Fsp3) is 0.458. The SMILES string of the molecule is CCCCC1(CCCC)c2cc(C)ccc2-c2ccc(C(C)=O)cc21. The van der Waals surface area contributed by atoms with Gasteiger partial charge < -0.3 is 0 Å². The van der Waals surface area contributed by atoms with E-state index in [0.29, 0.717) is 0 Å². The van der Waals surface area contributed by atoms with Crippen molar-refractivity contribution >= 4 is 5.78 Å². The predicted molar refractivity (Wildman–Crippen MR) is 106 cm³/mol. The minimum atomic E-state index is 0.0775. The molecule has 1 aliphatic carbocycles. The van der Waals surface area contributed by atoms with E-state index < -0.39 is 0 Å². The van der Waals surface area contributed by atoms with Crippen molar-refractivity contribution in [2.45, 2.75) is 71.6 Å². The lowest BCUT2D eigenvalue weighted by atomic mass is 9.70. The number of ketones is 1. The summed E-state index contributed by atoms with van der Waals surface area (Å²) in [5, 5.41) is 0. The van der Waals surface area contributed by atoms with Crippen molar-refractivity contribution in [1.82, 2.24) is 0 Å². The lowest BCUT2D eigenvalue weighted by Crippen LogP contribution is -2.25. The Kier molecular flexibility index (Phi) is 5.13. The maximum atomic E-state index is 12.0. The Morgan fingerprint density at radius 1 is 0.880 bits per heavy atom. The molecule has 1 nitrogen and oxygen atoms in total. The first-order valence-electron chi connectivity index (χ1n) is 9.80. The summed E-state index contributed by atoms with van der Waals surface area (Å²) in [4.78, 5) is 12.0. The van der Waals surface area contributed by atoms with E-state index >= 15 is 0 Å². The van der Waals surface area contributed by atoms with Crippen molar-refractivity contribution in [1.29, 1.82) is 0 Å². The van der Waals surface area contributed by atoms with Gasteiger partial charge in [-0.1, -0.05) is 75.4 Å². The molecule has 0 N–H and O–H groups in total. The number of aryl methyl sites for hydroxylation is 1. The number of fused-ring (bicyclic) bond motifs is 3. The van der Waals surface area contributed by atoms with E-state index in [1.54, 1.807) is 6.92 Å². The standard InChI is InChI=1S/C24H30O/c1-5-7-13-24(14-8-6-2)22-15-17(3)9-11-20(22)21-12-10-19(18(4)25)16-23(21)24/h9-12,15-16H,5-8,13-14H2,1-4H3. The maximum Gasteiger partial charge on any atom is 0.159 e. The zero-order valence-electron chi connectivity index (χ0n) is 16.1. The van der Waals surface area contributed by atoms with Crippen molar-refractivity contribution in [2.24, 2.45) is 0 Å². The van der Waals surface area contributed by atoms with Crippen LogP contribution in [0.4, 0.5) is 0 Å². The van der Waals surface area contributed by atoms with Gasteiger partial charge in [0.1, 0.15) is 0 Å². The van der Waals surface area contributed by atoms with E-state index in [4.69, 9.17) is 0 Å². The average Bonchev–Trinajstić information content (AvgIpc) is 2.87. The molecule has 0 amide bonds. The quantitative estimate of drug-likeness (QED) is 0.506. The minimum Gasteiger partial charge on any atom is -0.295 e. The zero-order valence-corrected chi connectivity index (χ0v) is 16.1. The first-order chi connectivity index (χ1) is 12.0. The summed E-state index contributed by atoms with van der Waals surface area (Å²) < 4.78 is 0. The third-order valence-electron chi connectivity index (χ3n) is 5.84. The number of carbonyl (C=O) groups is 1. The third kappa shape index (κ3) is 3.05. The second-order valence-corrected chi connectivity index (χ2v) is 7.65. The summed E-state index contributed by atoms with van der Waals surface area (Å²) in [6.45, 7) is 8.40. The number of hydrogen-bond acceptors (Lipinski definition) is 1. The monoisotopic (exact) mass is 334 g/mol. The number of benzene rings is 2. The van der Waals surface area contributed by atoms with Crippen LogP contribution in [0.5, 0.6) is 0 Å². The Morgan fingerprint density at radius 2 is 1.44 bits per heavy atom. The Labute approximate surface area is 152 Å². The number of rotatable bonds is 7. The van der Waals surface area contributed by atoms with Gasteiger partial charge in [-0.2, -0.15) is 0 Å². The zero-order chi connectivity index (χ0) is 18.0. The molecule has 0 atom stereocenters. The molecule has 0 saturated heterocycles. The van der Waals surface area contributed by atoms with Crippen LogP contribution >= 0.6 is 0 Å². The highest BCUT2D eigenvalue weighted by Crippen LogP contribution is 2.54. The van der Waals surface area contributed by atoms with Crippen LogP contribution < -0.4 is 0 Å². The minimum absolute atomic E-state index is 0.0775. The molecule has 25 heavy (non-hydrogen) atoms. The van der Waals surface area contributed by atoms with Gasteiger partial charge in [-0.25, -0.2) is 0 Å². The normalized spacial score (nSPS) is 14.2. The van der Waals surface area contributed by atoms with Gasteiger partial charge in [-0.3, -0.25) is 4.79 Å². The molecular formula is C24H30O. The van der Waals surface area contributed by atoms with Crippen LogP contribution in [-0.2, 0) is 5.41 Å². The molecule has 0 radical (unpaired) electrons. The van der Waals surface area contributed by atoms with Gasteiger partial charge in [0.05, 0.1) is 0 Å². The van der Waals surface area contributed by atoms with Crippen LogP contribution in [0.3, 0.4) is 0 Å². The van der Waals surface area contributed by atoms with Gasteiger partial charge in [0.15, 0.2) is 5.78 Å². The molecule has 132 valence electrons. The molecule has 2 aromatic rings. The molecule has 0 unspecified atom stereocenters. The first-order valence-corrected chi connectivity index (χ1v) is 9.80. The van der Waals surface area contributed by atoms with Crippen LogP contribution in [0.1, 0.15) is 86.3 Å². The third-order valence-corrected chi connectivity index (χ3v) is 5.84. The Morgan fingerprint density at radius 3 is 2.00 bits per heavy atom. The van der Waals surface area contributed by atoms with Crippen molar-refractivity contribution < 1.29 is 4.79 Å². The summed E-state index contributed by atoms with van der Waals surface area (Å²) >= 11 is 0. The largest absolute Gasteiger partial charge is 0.295 e. The second-order valence-electron chi connectivity index (χ2n) is 7.65. The summed E-state index contributed by atoms with van der Waals surface area (Å²) in [6.07, 6.45) is 7.21. The van der Waals surface area contributed by atoms with Crippen molar-refractivity contribution in [3.63, 3.8) is 0 Å². The Bertz CT molecular complexity index is 777. The second kappa shape index (κ2) is 7.15. The Balaban J connectivity index is 2.25. The van der Waals surface area contributed by atoms with E-state index in [0.717, 1.165) is 5.56 Å². The summed E-state index contributed by atoms with van der Waals surface area (Å²) in [7, 11) is 0. The highest BCUT2D eigenvalue weighted by molar-refractivity contribution is 5.96. The van der Waals surface area contributed by atoms with Crippen LogP contribution in [0.25, 0.3) is 11.1 Å². The van der Waals surface area contributed by atoms with E-state index in [1.807, 2.05) is 6.07 Å². The summed E-state index contributed by atoms with van der Waals surface area (Å²) in [5.74, 6) is 0.162. The highest BCUT2D eigenvalue weighted by Gasteiger charge is 2.42. The molecule has 0 spiro atoms. The molecule has 3 rings (SSSR count). The van der Waals surface area contributed by atoms with Gasteiger partial charge in [-0.15, -0.1) is 0 Å². The highest BCUT2D eigenvalue weighted by atomic mass is 16.1. The summed E-state index contributed by atoms with van der Waals surface area (Å²) in [5.41, 5.74) is 7.85. The molecular weight excluding hydrogens is 304 g/mol. The van der Waals surface area contributed by atoms with E-state index in [1.165, 1.54) is 66.3 Å². The molecule has 1 aliphatic rings. The van der Waals surface area contributed by atoms with Gasteiger partial charge in [0.2, 0.25) is 0 Å². The van der Waals surface area contributed by atoms with Gasteiger partial charge in [0.25, 0.3) is 0 Å². The lowest BCUT2D eigenvalue weighted by molar-refractivity contribution is 0.101. The van der Waals surface area contributed by atoms with Crippen molar-refractivity contribution in [3.05, 3.63) is 58.7 Å². The van der Waals surface area contributed by atoms with Gasteiger partial charge >= 0.3 is 0 Å². The van der Waals surface area contributed by atoms with Crippen molar-refractivity contribution in [3.8, 4) is 11.1 Å². The number of hydrogen-bond donors (Lipinski definition) is 0. The molecule has 0 saturated carbocycles. The fourth-order valence-corrected chi connectivity index (χ4v) is 4.45. The van der Waals surface area contributed by atoms with Crippen LogP contribution in [-0.4, -0.2) is 5.78 Å². The molecule has 0 aromatic heterocycles. The van der Waals surface area contributed by atoms with E-state index in [-0.39, 0.29) is 11.2 Å². The smallest absolute Gasteiger partial charge is 0.159 e. The molecule has 2 aromatic carbocycles. The molecule has 0 aliphatic heterocycles. The lowest BCUT2D eigenvalue weighted by Gasteiger charge is -2.33. The van der Waals surface area contributed by atoms with Crippen LogP contribution in [0.2, 0.25) is 0 Å². The number of Topliss-reactive ketones (excluding diaryl/α,β-unsaturated/α-hetero) is 1. The van der Waals surface area contributed by atoms with E-state index in [9.17, 15) is 4.79 Å². The fourth-order valence-electron chi connectivity index (χ4n) is 4.45. The topological polar surface area (TPSA) is 17.1 Å². The number of carbonyl (C=O) groups excluding carboxylic acids is 1.